The van der Waals surface area contributed by atoms with Gasteiger partial charge in [0.25, 0.3) is 5.91 Å². The largest absolute Gasteiger partial charge is 0.497 e. The second-order valence-corrected chi connectivity index (χ2v) is 4.98. The number of methoxy groups -OCH3 is 1. The Morgan fingerprint density at radius 1 is 1.32 bits per heavy atom. The summed E-state index contributed by atoms with van der Waals surface area (Å²) >= 11 is 5.48. The number of nitrogens with zero attached hydrogens (tertiary/aromatic N) is 1. The van der Waals surface area contributed by atoms with Crippen LogP contribution in [0.2, 0.25) is 0 Å². The Hall–Kier alpha value is -1.55. The van der Waals surface area contributed by atoms with Crippen molar-refractivity contribution in [3.05, 3.63) is 29.8 Å². The maximum Gasteiger partial charge on any atom is 0.253 e. The molecular formula is C14H16ClNO3. The van der Waals surface area contributed by atoms with Gasteiger partial charge in [-0.3, -0.25) is 9.59 Å². The molecule has 1 aliphatic heterocycles. The van der Waals surface area contributed by atoms with Gasteiger partial charge in [-0.1, -0.05) is 6.07 Å². The van der Waals surface area contributed by atoms with Crippen LogP contribution in [0.5, 0.6) is 5.75 Å². The summed E-state index contributed by atoms with van der Waals surface area (Å²) in [7, 11) is 1.57. The van der Waals surface area contributed by atoms with Crippen LogP contribution in [0.1, 0.15) is 23.2 Å². The summed E-state index contributed by atoms with van der Waals surface area (Å²) in [5.41, 5.74) is 0.606. The number of amides is 1. The van der Waals surface area contributed by atoms with Gasteiger partial charge in [0.1, 0.15) is 5.75 Å². The number of piperidine rings is 1. The fraction of sp³-hybridized carbons (Fsp3) is 0.429. The van der Waals surface area contributed by atoms with Gasteiger partial charge in [-0.05, 0) is 42.6 Å². The molecule has 102 valence electrons. The fourth-order valence-electron chi connectivity index (χ4n) is 2.25. The predicted molar refractivity (Wildman–Crippen MR) is 72.5 cm³/mol. The minimum absolute atomic E-state index is 0.0284. The Labute approximate surface area is 117 Å². The maximum absolute atomic E-state index is 12.3. The van der Waals surface area contributed by atoms with Crippen molar-refractivity contribution in [3.63, 3.8) is 0 Å². The van der Waals surface area contributed by atoms with Crippen LogP contribution in [-0.2, 0) is 4.79 Å². The molecule has 0 aliphatic carbocycles. The molecule has 0 unspecified atom stereocenters. The third kappa shape index (κ3) is 3.26. The van der Waals surface area contributed by atoms with Crippen molar-refractivity contribution < 1.29 is 14.3 Å². The van der Waals surface area contributed by atoms with Crippen LogP contribution in [-0.4, -0.2) is 36.2 Å². The van der Waals surface area contributed by atoms with Crippen LogP contribution in [0.4, 0.5) is 0 Å². The Bertz CT molecular complexity index is 481. The highest BCUT2D eigenvalue weighted by Crippen LogP contribution is 2.22. The highest BCUT2D eigenvalue weighted by molar-refractivity contribution is 6.64. The average molecular weight is 282 g/mol. The lowest BCUT2D eigenvalue weighted by Gasteiger charge is -2.30. The van der Waals surface area contributed by atoms with E-state index in [1.165, 1.54) is 0 Å². The SMILES string of the molecule is COc1cccc(C(=O)N2CCC(C(=O)Cl)CC2)c1. The van der Waals surface area contributed by atoms with Gasteiger partial charge in [0, 0.05) is 24.6 Å². The number of likely N-dealkylation sites (tertiary alicyclic amines) is 1. The molecule has 5 heteroatoms. The molecule has 1 fully saturated rings. The number of hydrogen-bond acceptors (Lipinski definition) is 3. The first kappa shape index (κ1) is 13.9. The molecule has 0 spiro atoms. The van der Waals surface area contributed by atoms with Gasteiger partial charge in [0.05, 0.1) is 7.11 Å². The van der Waals surface area contributed by atoms with Gasteiger partial charge in [-0.25, -0.2) is 0 Å². The molecule has 19 heavy (non-hydrogen) atoms. The van der Waals surface area contributed by atoms with Crippen LogP contribution >= 0.6 is 11.6 Å². The monoisotopic (exact) mass is 281 g/mol. The Kier molecular flexibility index (Phi) is 4.43. The minimum Gasteiger partial charge on any atom is -0.497 e. The summed E-state index contributed by atoms with van der Waals surface area (Å²) in [6.07, 6.45) is 1.27. The molecule has 2 rings (SSSR count). The maximum atomic E-state index is 12.3. The van der Waals surface area contributed by atoms with Gasteiger partial charge >= 0.3 is 0 Å². The highest BCUT2D eigenvalue weighted by atomic mass is 35.5. The van der Waals surface area contributed by atoms with E-state index in [0.717, 1.165) is 0 Å². The van der Waals surface area contributed by atoms with E-state index in [1.54, 1.807) is 36.3 Å². The normalized spacial score (nSPS) is 16.2. The standard InChI is InChI=1S/C14H16ClNO3/c1-19-12-4-2-3-11(9-12)14(18)16-7-5-10(6-8-16)13(15)17/h2-4,9-10H,5-8H2,1H3. The van der Waals surface area contributed by atoms with Crippen molar-refractivity contribution in [2.24, 2.45) is 5.92 Å². The molecule has 0 saturated carbocycles. The molecular weight excluding hydrogens is 266 g/mol. The van der Waals surface area contributed by atoms with Crippen LogP contribution < -0.4 is 4.74 Å². The molecule has 0 N–H and O–H groups in total. The van der Waals surface area contributed by atoms with E-state index < -0.39 is 0 Å². The predicted octanol–water partition coefficient (Wildman–Crippen LogP) is 2.31. The average Bonchev–Trinajstić information content (AvgIpc) is 2.46. The smallest absolute Gasteiger partial charge is 0.253 e. The van der Waals surface area contributed by atoms with E-state index in [4.69, 9.17) is 16.3 Å². The number of halogens is 1. The Balaban J connectivity index is 2.02. The first-order valence-electron chi connectivity index (χ1n) is 6.24. The van der Waals surface area contributed by atoms with Crippen molar-refractivity contribution in [1.29, 1.82) is 0 Å². The number of carbonyl (C=O) groups excluding carboxylic acids is 2. The molecule has 1 heterocycles. The lowest BCUT2D eigenvalue weighted by molar-refractivity contribution is -0.116. The Morgan fingerprint density at radius 3 is 2.58 bits per heavy atom. The summed E-state index contributed by atoms with van der Waals surface area (Å²) in [5, 5.41) is -0.298. The number of hydrogen-bond donors (Lipinski definition) is 0. The topological polar surface area (TPSA) is 46.6 Å². The number of rotatable bonds is 3. The lowest BCUT2D eigenvalue weighted by atomic mass is 9.98. The van der Waals surface area contributed by atoms with Gasteiger partial charge in [0.2, 0.25) is 5.24 Å². The van der Waals surface area contributed by atoms with Crippen molar-refractivity contribution in [2.75, 3.05) is 20.2 Å². The van der Waals surface area contributed by atoms with Crippen LogP contribution in [0.25, 0.3) is 0 Å². The first-order valence-corrected chi connectivity index (χ1v) is 6.62. The van der Waals surface area contributed by atoms with E-state index in [-0.39, 0.29) is 17.1 Å². The number of benzene rings is 1. The lowest BCUT2D eigenvalue weighted by Crippen LogP contribution is -2.39. The summed E-state index contributed by atoms with van der Waals surface area (Å²) in [4.78, 5) is 25.1. The summed E-state index contributed by atoms with van der Waals surface area (Å²) in [6.45, 7) is 1.14. The molecule has 1 aliphatic rings. The third-order valence-electron chi connectivity index (χ3n) is 3.42. The number of ether oxygens (including phenoxy) is 1. The van der Waals surface area contributed by atoms with Gasteiger partial charge in [-0.2, -0.15) is 0 Å². The van der Waals surface area contributed by atoms with Crippen molar-refractivity contribution in [2.45, 2.75) is 12.8 Å². The van der Waals surface area contributed by atoms with E-state index >= 15 is 0 Å². The van der Waals surface area contributed by atoms with Crippen molar-refractivity contribution >= 4 is 22.8 Å². The highest BCUT2D eigenvalue weighted by Gasteiger charge is 2.26. The molecule has 1 aromatic carbocycles. The Morgan fingerprint density at radius 2 is 2.00 bits per heavy atom. The molecule has 0 atom stereocenters. The second kappa shape index (κ2) is 6.06. The van der Waals surface area contributed by atoms with E-state index in [9.17, 15) is 9.59 Å². The first-order chi connectivity index (χ1) is 9.11. The zero-order chi connectivity index (χ0) is 13.8. The molecule has 4 nitrogen and oxygen atoms in total. The van der Waals surface area contributed by atoms with Crippen molar-refractivity contribution in [3.8, 4) is 5.75 Å². The molecule has 0 radical (unpaired) electrons. The third-order valence-corrected chi connectivity index (χ3v) is 3.73. The number of carbonyl (C=O) groups is 2. The zero-order valence-electron chi connectivity index (χ0n) is 10.8. The summed E-state index contributed by atoms with van der Waals surface area (Å²) < 4.78 is 5.11. The van der Waals surface area contributed by atoms with Crippen LogP contribution in [0.15, 0.2) is 24.3 Å². The summed E-state index contributed by atoms with van der Waals surface area (Å²) in [5.74, 6) is 0.520. The zero-order valence-corrected chi connectivity index (χ0v) is 11.5. The van der Waals surface area contributed by atoms with Crippen LogP contribution in [0, 0.1) is 5.92 Å². The van der Waals surface area contributed by atoms with Crippen LogP contribution in [0.3, 0.4) is 0 Å². The molecule has 1 amide bonds. The molecule has 1 aromatic rings. The van der Waals surface area contributed by atoms with Gasteiger partial charge in [-0.15, -0.1) is 0 Å². The molecule has 0 bridgehead atoms. The molecule has 1 saturated heterocycles. The quantitative estimate of drug-likeness (QED) is 0.799. The van der Waals surface area contributed by atoms with E-state index in [1.807, 2.05) is 0 Å². The summed E-state index contributed by atoms with van der Waals surface area (Å²) in [6, 6.07) is 7.08. The second-order valence-electron chi connectivity index (χ2n) is 4.60. The fourth-order valence-corrected chi connectivity index (χ4v) is 2.47. The van der Waals surface area contributed by atoms with E-state index in [2.05, 4.69) is 0 Å². The minimum atomic E-state index is -0.298. The van der Waals surface area contributed by atoms with Gasteiger partial charge < -0.3 is 9.64 Å². The molecule has 0 aromatic heterocycles. The van der Waals surface area contributed by atoms with E-state index in [0.29, 0.717) is 37.2 Å². The van der Waals surface area contributed by atoms with Gasteiger partial charge in [0.15, 0.2) is 0 Å². The van der Waals surface area contributed by atoms with Crippen molar-refractivity contribution in [1.82, 2.24) is 4.90 Å².